The molecule has 0 saturated carbocycles. The molecule has 2 heterocycles. The van der Waals surface area contributed by atoms with Gasteiger partial charge in [-0.15, -0.1) is 0 Å². The van der Waals surface area contributed by atoms with E-state index in [1.165, 1.54) is 6.92 Å². The van der Waals surface area contributed by atoms with Crippen molar-refractivity contribution in [2.24, 2.45) is 0 Å². The van der Waals surface area contributed by atoms with Gasteiger partial charge in [0.25, 0.3) is 0 Å². The van der Waals surface area contributed by atoms with Gasteiger partial charge in [-0.3, -0.25) is 9.59 Å². The highest BCUT2D eigenvalue weighted by Crippen LogP contribution is 2.32. The number of aryl methyl sites for hydroxylation is 1. The number of carbonyl (C=O) groups is 2. The van der Waals surface area contributed by atoms with E-state index >= 15 is 0 Å². The topological polar surface area (TPSA) is 65.2 Å². The van der Waals surface area contributed by atoms with Crippen LogP contribution >= 0.6 is 0 Å². The van der Waals surface area contributed by atoms with Crippen molar-refractivity contribution in [3.05, 3.63) is 59.4 Å². The predicted octanol–water partition coefficient (Wildman–Crippen LogP) is 3.25. The van der Waals surface area contributed by atoms with Gasteiger partial charge < -0.3 is 15.2 Å². The molecule has 1 aromatic carbocycles. The van der Waals surface area contributed by atoms with E-state index in [1.807, 2.05) is 54.4 Å². The number of carbonyl (C=O) groups excluding carboxylic acids is 2. The summed E-state index contributed by atoms with van der Waals surface area (Å²) in [5.74, 6) is -0.0443. The van der Waals surface area contributed by atoms with Crippen molar-refractivity contribution in [3.8, 4) is 0 Å². The molecule has 2 aromatic rings. The summed E-state index contributed by atoms with van der Waals surface area (Å²) >= 11 is 0. The lowest BCUT2D eigenvalue weighted by Crippen LogP contribution is -2.35. The second-order valence-electron chi connectivity index (χ2n) is 6.74. The van der Waals surface area contributed by atoms with Crippen LogP contribution in [-0.4, -0.2) is 28.2 Å². The first-order valence-electron chi connectivity index (χ1n) is 8.81. The average Bonchev–Trinajstić information content (AvgIpc) is 3.25. The molecule has 0 unspecified atom stereocenters. The molecule has 5 heteroatoms. The molecule has 1 aliphatic heterocycles. The van der Waals surface area contributed by atoms with Crippen molar-refractivity contribution >= 4 is 11.8 Å². The molecule has 5 nitrogen and oxygen atoms in total. The molecule has 3 rings (SSSR count). The molecule has 1 saturated heterocycles. The maximum Gasteiger partial charge on any atom is 0.225 e. The highest BCUT2D eigenvalue weighted by atomic mass is 16.2. The Hall–Kier alpha value is -2.56. The Morgan fingerprint density at radius 2 is 2.04 bits per heavy atom. The van der Waals surface area contributed by atoms with Gasteiger partial charge in [0, 0.05) is 25.4 Å². The van der Waals surface area contributed by atoms with Gasteiger partial charge in [0.1, 0.15) is 0 Å². The summed E-state index contributed by atoms with van der Waals surface area (Å²) in [6.45, 7) is 4.28. The largest absolute Gasteiger partial charge is 0.363 e. The molecular weight excluding hydrogens is 314 g/mol. The molecule has 2 N–H and O–H groups in total. The molecule has 1 aromatic heterocycles. The lowest BCUT2D eigenvalue weighted by molar-refractivity contribution is -0.133. The van der Waals surface area contributed by atoms with Crippen LogP contribution in [0.25, 0.3) is 0 Å². The van der Waals surface area contributed by atoms with Gasteiger partial charge >= 0.3 is 0 Å². The number of hydrogen-bond donors (Lipinski definition) is 2. The van der Waals surface area contributed by atoms with Crippen molar-refractivity contribution < 1.29 is 9.59 Å². The highest BCUT2D eigenvalue weighted by Gasteiger charge is 2.32. The summed E-state index contributed by atoms with van der Waals surface area (Å²) < 4.78 is 0. The highest BCUT2D eigenvalue weighted by molar-refractivity contribution is 5.79. The maximum absolute atomic E-state index is 12.9. The smallest absolute Gasteiger partial charge is 0.225 e. The molecule has 25 heavy (non-hydrogen) atoms. The summed E-state index contributed by atoms with van der Waals surface area (Å²) in [6, 6.07) is 11.8. The van der Waals surface area contributed by atoms with Crippen LogP contribution in [-0.2, 0) is 9.59 Å². The molecule has 132 valence electrons. The van der Waals surface area contributed by atoms with E-state index in [1.54, 1.807) is 0 Å². The summed E-state index contributed by atoms with van der Waals surface area (Å²) in [5.41, 5.74) is 3.20. The molecule has 0 radical (unpaired) electrons. The van der Waals surface area contributed by atoms with E-state index in [2.05, 4.69) is 10.3 Å². The number of benzene rings is 1. The number of amides is 2. The molecule has 1 fully saturated rings. The summed E-state index contributed by atoms with van der Waals surface area (Å²) in [7, 11) is 0. The molecule has 1 aliphatic rings. The zero-order chi connectivity index (χ0) is 17.8. The van der Waals surface area contributed by atoms with Crippen LogP contribution in [0.3, 0.4) is 0 Å². The lowest BCUT2D eigenvalue weighted by atomic mass is 10.0. The zero-order valence-electron chi connectivity index (χ0n) is 14.8. The van der Waals surface area contributed by atoms with E-state index < -0.39 is 0 Å². The Labute approximate surface area is 148 Å². The standard InChI is InChI=1S/C20H25N3O2/c1-14-7-9-16(10-8-14)18(22-15(2)24)13-20(25)23-12-4-6-19(23)17-5-3-11-21-17/h3,5,7-11,18-19,21H,4,6,12-13H2,1-2H3,(H,22,24)/t18-,19+/m1/s1. The quantitative estimate of drug-likeness (QED) is 0.878. The van der Waals surface area contributed by atoms with Crippen molar-refractivity contribution in [2.45, 2.75) is 45.2 Å². The van der Waals surface area contributed by atoms with Crippen molar-refractivity contribution in [2.75, 3.05) is 6.54 Å². The number of aromatic amines is 1. The average molecular weight is 339 g/mol. The number of nitrogens with one attached hydrogen (secondary N) is 2. The van der Waals surface area contributed by atoms with E-state index in [0.717, 1.165) is 36.2 Å². The minimum Gasteiger partial charge on any atom is -0.363 e. The minimum absolute atomic E-state index is 0.0800. The zero-order valence-corrected chi connectivity index (χ0v) is 14.8. The summed E-state index contributed by atoms with van der Waals surface area (Å²) in [4.78, 5) is 29.7. The van der Waals surface area contributed by atoms with Crippen molar-refractivity contribution in [1.82, 2.24) is 15.2 Å². The first kappa shape index (κ1) is 17.3. The van der Waals surface area contributed by atoms with Crippen LogP contribution in [0, 0.1) is 6.92 Å². The van der Waals surface area contributed by atoms with Crippen LogP contribution in [0.15, 0.2) is 42.6 Å². The third kappa shape index (κ3) is 4.10. The molecule has 0 spiro atoms. The number of H-pyrrole nitrogens is 1. The fourth-order valence-corrected chi connectivity index (χ4v) is 3.53. The van der Waals surface area contributed by atoms with Crippen molar-refractivity contribution in [1.29, 1.82) is 0 Å². The van der Waals surface area contributed by atoms with Crippen LogP contribution < -0.4 is 5.32 Å². The third-order valence-corrected chi connectivity index (χ3v) is 4.79. The predicted molar refractivity (Wildman–Crippen MR) is 96.8 cm³/mol. The Kier molecular flexibility index (Phi) is 5.22. The minimum atomic E-state index is -0.296. The number of rotatable bonds is 5. The number of nitrogens with zero attached hydrogens (tertiary/aromatic N) is 1. The van der Waals surface area contributed by atoms with Gasteiger partial charge in [-0.25, -0.2) is 0 Å². The van der Waals surface area contributed by atoms with Crippen LogP contribution in [0.5, 0.6) is 0 Å². The van der Waals surface area contributed by atoms with E-state index in [0.29, 0.717) is 0 Å². The number of aromatic nitrogens is 1. The maximum atomic E-state index is 12.9. The van der Waals surface area contributed by atoms with Gasteiger partial charge in [0.2, 0.25) is 11.8 Å². The molecule has 2 amide bonds. The SMILES string of the molecule is CC(=O)N[C@H](CC(=O)N1CCC[C@H]1c1ccc[nH]1)c1ccc(C)cc1. The van der Waals surface area contributed by atoms with E-state index in [4.69, 9.17) is 0 Å². The molecule has 0 bridgehead atoms. The summed E-state index contributed by atoms with van der Waals surface area (Å²) in [6.07, 6.45) is 4.15. The monoisotopic (exact) mass is 339 g/mol. The van der Waals surface area contributed by atoms with Gasteiger partial charge in [-0.1, -0.05) is 29.8 Å². The van der Waals surface area contributed by atoms with Gasteiger partial charge in [0.05, 0.1) is 18.5 Å². The van der Waals surface area contributed by atoms with Crippen molar-refractivity contribution in [3.63, 3.8) is 0 Å². The van der Waals surface area contributed by atoms with E-state index in [9.17, 15) is 9.59 Å². The molecule has 0 aliphatic carbocycles. The van der Waals surface area contributed by atoms with Crippen LogP contribution in [0.4, 0.5) is 0 Å². The normalized spacial score (nSPS) is 18.2. The Morgan fingerprint density at radius 1 is 1.28 bits per heavy atom. The Bertz CT molecular complexity index is 722. The Balaban J connectivity index is 1.75. The van der Waals surface area contributed by atoms with Crippen LogP contribution in [0.2, 0.25) is 0 Å². The summed E-state index contributed by atoms with van der Waals surface area (Å²) in [5, 5.41) is 2.93. The fourth-order valence-electron chi connectivity index (χ4n) is 3.53. The number of hydrogen-bond acceptors (Lipinski definition) is 2. The van der Waals surface area contributed by atoms with Gasteiger partial charge in [0.15, 0.2) is 0 Å². The lowest BCUT2D eigenvalue weighted by Gasteiger charge is -2.27. The van der Waals surface area contributed by atoms with E-state index in [-0.39, 0.29) is 30.3 Å². The van der Waals surface area contributed by atoms with Gasteiger partial charge in [-0.05, 0) is 37.5 Å². The Morgan fingerprint density at radius 3 is 2.68 bits per heavy atom. The second kappa shape index (κ2) is 7.55. The van der Waals surface area contributed by atoms with Crippen LogP contribution in [0.1, 0.15) is 55.1 Å². The third-order valence-electron chi connectivity index (χ3n) is 4.79. The number of likely N-dealkylation sites (tertiary alicyclic amines) is 1. The fraction of sp³-hybridized carbons (Fsp3) is 0.400. The first-order chi connectivity index (χ1) is 12.0. The molecule has 2 atom stereocenters. The van der Waals surface area contributed by atoms with Gasteiger partial charge in [-0.2, -0.15) is 0 Å². The second-order valence-corrected chi connectivity index (χ2v) is 6.74. The first-order valence-corrected chi connectivity index (χ1v) is 8.81. The molecular formula is C20H25N3O2.